The molecule has 1 aromatic rings. The summed E-state index contributed by atoms with van der Waals surface area (Å²) in [4.78, 5) is 11.5. The Labute approximate surface area is 75.6 Å². The van der Waals surface area contributed by atoms with E-state index < -0.39 is 0 Å². The number of ketones is 1. The molecule has 0 amide bonds. The monoisotopic (exact) mass is 181 g/mol. The minimum absolute atomic E-state index is 0.116. The van der Waals surface area contributed by atoms with E-state index in [0.717, 1.165) is 13.1 Å². The molecule has 12 heavy (non-hydrogen) atoms. The Morgan fingerprint density at radius 2 is 2.50 bits per heavy atom. The van der Waals surface area contributed by atoms with Crippen LogP contribution in [0.15, 0.2) is 16.8 Å². The molecule has 64 valence electrons. The zero-order chi connectivity index (χ0) is 8.39. The minimum atomic E-state index is 0.116. The number of nitrogens with one attached hydrogen (secondary N) is 1. The molecule has 2 rings (SSSR count). The molecule has 2 nitrogen and oxygen atoms in total. The number of carbonyl (C=O) groups is 1. The Kier molecular flexibility index (Phi) is 2.23. The van der Waals surface area contributed by atoms with Crippen molar-refractivity contribution in [2.24, 2.45) is 0 Å². The van der Waals surface area contributed by atoms with Crippen LogP contribution >= 0.6 is 11.3 Å². The molecule has 1 saturated heterocycles. The smallest absolute Gasteiger partial charge is 0.142 e. The second kappa shape index (κ2) is 3.37. The van der Waals surface area contributed by atoms with Gasteiger partial charge in [-0.3, -0.25) is 4.79 Å². The van der Waals surface area contributed by atoms with Gasteiger partial charge in [-0.25, -0.2) is 0 Å². The van der Waals surface area contributed by atoms with Gasteiger partial charge in [-0.1, -0.05) is 0 Å². The maximum atomic E-state index is 11.5. The zero-order valence-corrected chi connectivity index (χ0v) is 7.56. The van der Waals surface area contributed by atoms with E-state index in [9.17, 15) is 4.79 Å². The summed E-state index contributed by atoms with van der Waals surface area (Å²) in [7, 11) is 0. The molecule has 1 aliphatic heterocycles. The summed E-state index contributed by atoms with van der Waals surface area (Å²) < 4.78 is 0. The van der Waals surface area contributed by atoms with Crippen molar-refractivity contribution in [3.63, 3.8) is 0 Å². The highest BCUT2D eigenvalue weighted by atomic mass is 32.1. The number of hydrogen-bond donors (Lipinski definition) is 1. The topological polar surface area (TPSA) is 29.1 Å². The summed E-state index contributed by atoms with van der Waals surface area (Å²) in [6.07, 6.45) is 0.681. The summed E-state index contributed by atoms with van der Waals surface area (Å²) in [5, 5.41) is 7.33. The standard InChI is InChI=1S/C9H11NOS/c11-9-1-3-10-5-8(9)7-2-4-12-6-7/h2,4,6,8,10H,1,3,5H2. The third-order valence-electron chi connectivity index (χ3n) is 2.23. The fourth-order valence-corrected chi connectivity index (χ4v) is 2.24. The van der Waals surface area contributed by atoms with Gasteiger partial charge in [0.1, 0.15) is 5.78 Å². The third-order valence-corrected chi connectivity index (χ3v) is 2.93. The van der Waals surface area contributed by atoms with E-state index in [1.165, 1.54) is 5.56 Å². The molecule has 0 bridgehead atoms. The maximum absolute atomic E-state index is 11.5. The van der Waals surface area contributed by atoms with Crippen molar-refractivity contribution in [2.75, 3.05) is 13.1 Å². The molecular weight excluding hydrogens is 170 g/mol. The van der Waals surface area contributed by atoms with E-state index in [4.69, 9.17) is 0 Å². The van der Waals surface area contributed by atoms with Gasteiger partial charge < -0.3 is 5.32 Å². The molecule has 1 N–H and O–H groups in total. The van der Waals surface area contributed by atoms with E-state index in [1.807, 2.05) is 11.4 Å². The van der Waals surface area contributed by atoms with E-state index in [0.29, 0.717) is 12.2 Å². The van der Waals surface area contributed by atoms with Crippen molar-refractivity contribution in [1.29, 1.82) is 0 Å². The molecule has 1 aromatic heterocycles. The first kappa shape index (κ1) is 7.95. The largest absolute Gasteiger partial charge is 0.315 e. The number of piperidine rings is 1. The lowest BCUT2D eigenvalue weighted by atomic mass is 9.92. The fraction of sp³-hybridized carbons (Fsp3) is 0.444. The van der Waals surface area contributed by atoms with Gasteiger partial charge in [-0.15, -0.1) is 0 Å². The van der Waals surface area contributed by atoms with Crippen LogP contribution in [-0.4, -0.2) is 18.9 Å². The molecule has 1 atom stereocenters. The normalized spacial score (nSPS) is 24.3. The molecule has 2 heterocycles. The molecule has 0 aliphatic carbocycles. The van der Waals surface area contributed by atoms with Crippen LogP contribution in [0.2, 0.25) is 0 Å². The van der Waals surface area contributed by atoms with Crippen LogP contribution in [0.4, 0.5) is 0 Å². The summed E-state index contributed by atoms with van der Waals surface area (Å²) in [5.41, 5.74) is 1.18. The molecule has 0 aromatic carbocycles. The molecule has 1 fully saturated rings. The molecule has 0 spiro atoms. The van der Waals surface area contributed by atoms with Crippen molar-refractivity contribution in [1.82, 2.24) is 5.32 Å². The molecule has 3 heteroatoms. The molecule has 0 saturated carbocycles. The highest BCUT2D eigenvalue weighted by Crippen LogP contribution is 2.22. The van der Waals surface area contributed by atoms with Crippen molar-refractivity contribution in [3.05, 3.63) is 22.4 Å². The Balaban J connectivity index is 2.17. The first-order valence-electron chi connectivity index (χ1n) is 4.13. The predicted octanol–water partition coefficient (Wildman–Crippen LogP) is 1.39. The van der Waals surface area contributed by atoms with Gasteiger partial charge in [0.15, 0.2) is 0 Å². The van der Waals surface area contributed by atoms with Gasteiger partial charge in [0.05, 0.1) is 5.92 Å². The first-order valence-corrected chi connectivity index (χ1v) is 5.08. The van der Waals surface area contributed by atoms with Crippen LogP contribution in [-0.2, 0) is 4.79 Å². The maximum Gasteiger partial charge on any atom is 0.142 e. The van der Waals surface area contributed by atoms with Gasteiger partial charge >= 0.3 is 0 Å². The SMILES string of the molecule is O=C1CCNCC1c1ccsc1. The van der Waals surface area contributed by atoms with Gasteiger partial charge in [0.2, 0.25) is 0 Å². The van der Waals surface area contributed by atoms with Crippen LogP contribution < -0.4 is 5.32 Å². The number of rotatable bonds is 1. The van der Waals surface area contributed by atoms with Crippen LogP contribution in [0.1, 0.15) is 17.9 Å². The summed E-state index contributed by atoms with van der Waals surface area (Å²) in [5.74, 6) is 0.497. The van der Waals surface area contributed by atoms with Gasteiger partial charge in [0, 0.05) is 19.5 Å². The average molecular weight is 181 g/mol. The number of hydrogen-bond acceptors (Lipinski definition) is 3. The number of Topliss-reactive ketones (excluding diaryl/α,β-unsaturated/α-hetero) is 1. The van der Waals surface area contributed by atoms with Gasteiger partial charge in [-0.05, 0) is 22.4 Å². The number of thiophene rings is 1. The molecule has 1 aliphatic rings. The Hall–Kier alpha value is -0.670. The second-order valence-electron chi connectivity index (χ2n) is 3.03. The average Bonchev–Trinajstić information content (AvgIpc) is 2.57. The van der Waals surface area contributed by atoms with Crippen molar-refractivity contribution >= 4 is 17.1 Å². The molecular formula is C9H11NOS. The van der Waals surface area contributed by atoms with Gasteiger partial charge in [0.25, 0.3) is 0 Å². The quantitative estimate of drug-likeness (QED) is 0.709. The van der Waals surface area contributed by atoms with Gasteiger partial charge in [-0.2, -0.15) is 11.3 Å². The molecule has 0 radical (unpaired) electrons. The summed E-state index contributed by atoms with van der Waals surface area (Å²) >= 11 is 1.66. The van der Waals surface area contributed by atoms with E-state index in [1.54, 1.807) is 11.3 Å². The van der Waals surface area contributed by atoms with Crippen molar-refractivity contribution in [3.8, 4) is 0 Å². The van der Waals surface area contributed by atoms with E-state index in [2.05, 4.69) is 10.7 Å². The van der Waals surface area contributed by atoms with Crippen LogP contribution in [0.5, 0.6) is 0 Å². The highest BCUT2D eigenvalue weighted by molar-refractivity contribution is 7.08. The molecule has 1 unspecified atom stereocenters. The van der Waals surface area contributed by atoms with E-state index >= 15 is 0 Å². The number of carbonyl (C=O) groups excluding carboxylic acids is 1. The summed E-state index contributed by atoms with van der Waals surface area (Å²) in [6.45, 7) is 1.66. The van der Waals surface area contributed by atoms with Crippen LogP contribution in [0, 0.1) is 0 Å². The van der Waals surface area contributed by atoms with Crippen LogP contribution in [0.3, 0.4) is 0 Å². The Bertz CT molecular complexity index is 268. The zero-order valence-electron chi connectivity index (χ0n) is 6.75. The van der Waals surface area contributed by atoms with Crippen molar-refractivity contribution < 1.29 is 4.79 Å². The fourth-order valence-electron chi connectivity index (χ4n) is 1.52. The van der Waals surface area contributed by atoms with E-state index in [-0.39, 0.29) is 5.92 Å². The lowest BCUT2D eigenvalue weighted by molar-refractivity contribution is -0.121. The highest BCUT2D eigenvalue weighted by Gasteiger charge is 2.23. The minimum Gasteiger partial charge on any atom is -0.315 e. The first-order chi connectivity index (χ1) is 5.88. The van der Waals surface area contributed by atoms with Crippen molar-refractivity contribution in [2.45, 2.75) is 12.3 Å². The lowest BCUT2D eigenvalue weighted by Gasteiger charge is -2.20. The lowest BCUT2D eigenvalue weighted by Crippen LogP contribution is -2.35. The Morgan fingerprint density at radius 1 is 1.58 bits per heavy atom. The third kappa shape index (κ3) is 1.42. The Morgan fingerprint density at radius 3 is 3.17 bits per heavy atom. The van der Waals surface area contributed by atoms with Crippen LogP contribution in [0.25, 0.3) is 0 Å². The predicted molar refractivity (Wildman–Crippen MR) is 49.6 cm³/mol. The summed E-state index contributed by atoms with van der Waals surface area (Å²) in [6, 6.07) is 2.04. The second-order valence-corrected chi connectivity index (χ2v) is 3.81.